The van der Waals surface area contributed by atoms with E-state index in [1.54, 1.807) is 0 Å². The predicted molar refractivity (Wildman–Crippen MR) is 108 cm³/mol. The monoisotopic (exact) mass is 450 g/mol. The maximum atomic E-state index is 12.4. The van der Waals surface area contributed by atoms with Crippen LogP contribution in [0.4, 0.5) is 11.4 Å². The molecule has 0 atom stereocenters. The number of nitrogens with zero attached hydrogens (tertiary/aromatic N) is 5. The van der Waals surface area contributed by atoms with Gasteiger partial charge in [-0.05, 0) is 12.1 Å². The molecule has 0 spiro atoms. The van der Waals surface area contributed by atoms with Crippen molar-refractivity contribution in [1.82, 2.24) is 18.7 Å². The molecule has 31 heavy (non-hydrogen) atoms. The van der Waals surface area contributed by atoms with Crippen molar-refractivity contribution >= 4 is 46.0 Å². The number of hydrogen-bond acceptors (Lipinski definition) is 8. The van der Waals surface area contributed by atoms with E-state index in [0.717, 1.165) is 15.2 Å². The molecule has 2 heterocycles. The summed E-state index contributed by atoms with van der Waals surface area (Å²) in [5, 5.41) is 13.5. The van der Waals surface area contributed by atoms with Crippen LogP contribution in [0.1, 0.15) is 0 Å². The largest absolute Gasteiger partial charge is 0.454 e. The van der Waals surface area contributed by atoms with E-state index in [4.69, 9.17) is 16.3 Å². The van der Waals surface area contributed by atoms with Gasteiger partial charge in [-0.15, -0.1) is 0 Å². The van der Waals surface area contributed by atoms with Crippen LogP contribution >= 0.6 is 11.6 Å². The van der Waals surface area contributed by atoms with E-state index >= 15 is 0 Å². The zero-order chi connectivity index (χ0) is 22.9. The number of rotatable bonds is 6. The van der Waals surface area contributed by atoms with E-state index in [9.17, 15) is 29.3 Å². The summed E-state index contributed by atoms with van der Waals surface area (Å²) in [6.45, 7) is -1.18. The van der Waals surface area contributed by atoms with Gasteiger partial charge in [-0.3, -0.25) is 33.6 Å². The van der Waals surface area contributed by atoms with Gasteiger partial charge in [0.25, 0.3) is 17.2 Å². The molecule has 3 aromatic rings. The average molecular weight is 451 g/mol. The SMILES string of the molecule is Cn1c(=O)c2c(ncn2CC(=O)OCC(=O)Nc2cc(Cl)ccc2[N+](=O)[O-])n(C)c1=O. The summed E-state index contributed by atoms with van der Waals surface area (Å²) >= 11 is 5.79. The highest BCUT2D eigenvalue weighted by atomic mass is 35.5. The van der Waals surface area contributed by atoms with Crippen molar-refractivity contribution in [3.63, 3.8) is 0 Å². The number of nitro benzene ring substituents is 1. The molecule has 1 aromatic carbocycles. The summed E-state index contributed by atoms with van der Waals surface area (Å²) in [6.07, 6.45) is 1.20. The molecule has 14 heteroatoms. The quantitative estimate of drug-likeness (QED) is 0.316. The number of carbonyl (C=O) groups is 2. The molecule has 0 aliphatic heterocycles. The highest BCUT2D eigenvalue weighted by molar-refractivity contribution is 6.31. The number of halogens is 1. The number of aryl methyl sites for hydroxylation is 1. The Bertz CT molecular complexity index is 1340. The Morgan fingerprint density at radius 2 is 1.97 bits per heavy atom. The summed E-state index contributed by atoms with van der Waals surface area (Å²) in [7, 11) is 2.72. The average Bonchev–Trinajstić information content (AvgIpc) is 3.12. The zero-order valence-corrected chi connectivity index (χ0v) is 17.0. The van der Waals surface area contributed by atoms with Crippen molar-refractivity contribution in [2.24, 2.45) is 14.1 Å². The van der Waals surface area contributed by atoms with E-state index in [2.05, 4.69) is 10.3 Å². The smallest absolute Gasteiger partial charge is 0.332 e. The summed E-state index contributed by atoms with van der Waals surface area (Å²) in [6, 6.07) is 3.61. The van der Waals surface area contributed by atoms with Crippen molar-refractivity contribution in [2.45, 2.75) is 6.54 Å². The first-order valence-corrected chi connectivity index (χ1v) is 8.98. The second-order valence-corrected chi connectivity index (χ2v) is 6.81. The maximum Gasteiger partial charge on any atom is 0.332 e. The number of carbonyl (C=O) groups excluding carboxylic acids is 2. The molecule has 0 fully saturated rings. The fourth-order valence-electron chi connectivity index (χ4n) is 2.80. The third kappa shape index (κ3) is 4.30. The fraction of sp³-hybridized carbons (Fsp3) is 0.235. The van der Waals surface area contributed by atoms with Crippen LogP contribution in [-0.4, -0.2) is 42.1 Å². The van der Waals surface area contributed by atoms with Crippen LogP contribution in [-0.2, 0) is 35.0 Å². The minimum absolute atomic E-state index is 0.0144. The van der Waals surface area contributed by atoms with E-state index < -0.39 is 41.2 Å². The first-order valence-electron chi connectivity index (χ1n) is 8.60. The highest BCUT2D eigenvalue weighted by Gasteiger charge is 2.19. The number of benzene rings is 1. The number of anilines is 1. The summed E-state index contributed by atoms with van der Waals surface area (Å²) in [5.41, 5.74) is -1.64. The Balaban J connectivity index is 1.70. The normalized spacial score (nSPS) is 10.8. The first kappa shape index (κ1) is 21.7. The Morgan fingerprint density at radius 3 is 2.65 bits per heavy atom. The van der Waals surface area contributed by atoms with Gasteiger partial charge in [0.15, 0.2) is 17.8 Å². The topological polar surface area (TPSA) is 160 Å². The van der Waals surface area contributed by atoms with Gasteiger partial charge < -0.3 is 14.6 Å². The van der Waals surface area contributed by atoms with Gasteiger partial charge in [0, 0.05) is 25.2 Å². The van der Waals surface area contributed by atoms with Gasteiger partial charge in [-0.2, -0.15) is 0 Å². The van der Waals surface area contributed by atoms with Crippen LogP contribution in [0.3, 0.4) is 0 Å². The molecule has 0 aliphatic carbocycles. The van der Waals surface area contributed by atoms with Crippen LogP contribution < -0.4 is 16.6 Å². The molecule has 0 saturated carbocycles. The summed E-state index contributed by atoms with van der Waals surface area (Å²) in [5.74, 6) is -1.70. The van der Waals surface area contributed by atoms with Crippen LogP contribution in [0.25, 0.3) is 11.2 Å². The van der Waals surface area contributed by atoms with Crippen molar-refractivity contribution in [2.75, 3.05) is 11.9 Å². The standard InChI is InChI=1S/C17H15ClN6O7/c1-21-15-14(16(27)22(2)17(21)28)23(8-19-15)6-13(26)31-7-12(25)20-10-5-9(18)3-4-11(10)24(29)30/h3-5,8H,6-7H2,1-2H3,(H,20,25). The van der Waals surface area contributed by atoms with Crippen molar-refractivity contribution in [1.29, 1.82) is 0 Å². The highest BCUT2D eigenvalue weighted by Crippen LogP contribution is 2.27. The van der Waals surface area contributed by atoms with E-state index in [0.29, 0.717) is 0 Å². The lowest BCUT2D eigenvalue weighted by Gasteiger charge is -2.09. The molecule has 0 aliphatic rings. The molecule has 1 N–H and O–H groups in total. The van der Waals surface area contributed by atoms with Crippen molar-refractivity contribution in [3.05, 3.63) is 60.5 Å². The molecule has 0 radical (unpaired) electrons. The molecule has 0 unspecified atom stereocenters. The van der Waals surface area contributed by atoms with Gasteiger partial charge in [-0.25, -0.2) is 9.78 Å². The number of imidazole rings is 1. The second kappa shape index (κ2) is 8.39. The number of nitro groups is 1. The Hall–Kier alpha value is -4.00. The molecule has 162 valence electrons. The zero-order valence-electron chi connectivity index (χ0n) is 16.2. The molecule has 1 amide bonds. The van der Waals surface area contributed by atoms with Crippen LogP contribution in [0.5, 0.6) is 0 Å². The van der Waals surface area contributed by atoms with Gasteiger partial charge in [-0.1, -0.05) is 11.6 Å². The summed E-state index contributed by atoms with van der Waals surface area (Å²) in [4.78, 5) is 62.8. The van der Waals surface area contributed by atoms with E-state index in [-0.39, 0.29) is 27.6 Å². The molecular weight excluding hydrogens is 436 g/mol. The lowest BCUT2D eigenvalue weighted by molar-refractivity contribution is -0.383. The molecular formula is C17H15ClN6O7. The Morgan fingerprint density at radius 1 is 1.26 bits per heavy atom. The van der Waals surface area contributed by atoms with Crippen molar-refractivity contribution < 1.29 is 19.2 Å². The van der Waals surface area contributed by atoms with Gasteiger partial charge in [0.2, 0.25) is 0 Å². The lowest BCUT2D eigenvalue weighted by Crippen LogP contribution is -2.37. The Kier molecular flexibility index (Phi) is 5.88. The van der Waals surface area contributed by atoms with Gasteiger partial charge in [0.1, 0.15) is 12.2 Å². The maximum absolute atomic E-state index is 12.4. The third-order valence-electron chi connectivity index (χ3n) is 4.31. The number of nitrogens with one attached hydrogen (secondary N) is 1. The number of amides is 1. The Labute approximate surface area is 177 Å². The predicted octanol–water partition coefficient (Wildman–Crippen LogP) is 0.177. The van der Waals surface area contributed by atoms with Crippen LogP contribution in [0, 0.1) is 10.1 Å². The molecule has 0 bridgehead atoms. The van der Waals surface area contributed by atoms with Crippen LogP contribution in [0.15, 0.2) is 34.1 Å². The minimum Gasteiger partial charge on any atom is -0.454 e. The third-order valence-corrected chi connectivity index (χ3v) is 4.55. The number of ether oxygens (including phenoxy) is 1. The first-order chi connectivity index (χ1) is 14.6. The second-order valence-electron chi connectivity index (χ2n) is 6.38. The van der Waals surface area contributed by atoms with Gasteiger partial charge in [0.05, 0.1) is 11.3 Å². The van der Waals surface area contributed by atoms with Gasteiger partial charge >= 0.3 is 11.7 Å². The van der Waals surface area contributed by atoms with E-state index in [1.807, 2.05) is 0 Å². The minimum atomic E-state index is -0.869. The lowest BCUT2D eigenvalue weighted by atomic mass is 10.2. The van der Waals surface area contributed by atoms with E-state index in [1.165, 1.54) is 37.1 Å². The number of aromatic nitrogens is 4. The molecule has 2 aromatic heterocycles. The van der Waals surface area contributed by atoms with Crippen molar-refractivity contribution in [3.8, 4) is 0 Å². The summed E-state index contributed by atoms with van der Waals surface area (Å²) < 4.78 is 8.10. The fourth-order valence-corrected chi connectivity index (χ4v) is 2.97. The number of esters is 1. The number of fused-ring (bicyclic) bond motifs is 1. The number of hydrogen-bond donors (Lipinski definition) is 1. The molecule has 0 saturated heterocycles. The van der Waals surface area contributed by atoms with Crippen LogP contribution in [0.2, 0.25) is 5.02 Å². The molecule has 3 rings (SSSR count). The molecule has 13 nitrogen and oxygen atoms in total.